The van der Waals surface area contributed by atoms with Gasteiger partial charge in [-0.3, -0.25) is 0 Å². The van der Waals surface area contributed by atoms with Crippen LogP contribution in [0.1, 0.15) is 25.0 Å². The van der Waals surface area contributed by atoms with Crippen LogP contribution in [0.15, 0.2) is 146 Å². The van der Waals surface area contributed by atoms with E-state index in [1.165, 1.54) is 22.3 Å². The van der Waals surface area contributed by atoms with Gasteiger partial charge in [0.05, 0.1) is 11.4 Å². The molecule has 6 aromatic rings. The Bertz CT molecular complexity index is 1610. The maximum atomic E-state index is 4.98. The zero-order chi connectivity index (χ0) is 26.7. The summed E-state index contributed by atoms with van der Waals surface area (Å²) in [6.07, 6.45) is 0. The van der Waals surface area contributed by atoms with Crippen molar-refractivity contribution in [2.24, 2.45) is 0 Å². The number of nitrogens with zero attached hydrogens (tertiary/aromatic N) is 2. The molecule has 1 heterocycles. The number of benzene rings is 5. The SMILES string of the molecule is CC(C)(c1ccc(-c2ccccc2)cc1)c1ccc(-c2nc(-c3ccccc3)cc(-c3ccccc3)n2)cc1. The van der Waals surface area contributed by atoms with Gasteiger partial charge < -0.3 is 0 Å². The molecule has 0 radical (unpaired) electrons. The van der Waals surface area contributed by atoms with Crippen LogP contribution in [-0.4, -0.2) is 9.97 Å². The Kier molecular flexibility index (Phi) is 6.61. The van der Waals surface area contributed by atoms with Crippen LogP contribution >= 0.6 is 0 Å². The van der Waals surface area contributed by atoms with Crippen molar-refractivity contribution in [2.75, 3.05) is 0 Å². The largest absolute Gasteiger partial charge is 0.228 e. The van der Waals surface area contributed by atoms with Gasteiger partial charge in [-0.1, -0.05) is 153 Å². The van der Waals surface area contributed by atoms with E-state index < -0.39 is 0 Å². The molecule has 6 rings (SSSR count). The minimum Gasteiger partial charge on any atom is -0.228 e. The van der Waals surface area contributed by atoms with Crippen molar-refractivity contribution < 1.29 is 0 Å². The first-order valence-electron chi connectivity index (χ1n) is 13.3. The Morgan fingerprint density at radius 2 is 0.744 bits per heavy atom. The first-order chi connectivity index (χ1) is 19.1. The highest BCUT2D eigenvalue weighted by molar-refractivity contribution is 5.72. The maximum absolute atomic E-state index is 4.98. The third-order valence-electron chi connectivity index (χ3n) is 7.44. The summed E-state index contributed by atoms with van der Waals surface area (Å²) in [5, 5.41) is 0. The van der Waals surface area contributed by atoms with Gasteiger partial charge in [0.25, 0.3) is 0 Å². The molecule has 0 aliphatic rings. The third-order valence-corrected chi connectivity index (χ3v) is 7.44. The monoisotopic (exact) mass is 502 g/mol. The van der Waals surface area contributed by atoms with E-state index in [4.69, 9.17) is 9.97 Å². The van der Waals surface area contributed by atoms with E-state index in [2.05, 4.69) is 123 Å². The van der Waals surface area contributed by atoms with E-state index in [9.17, 15) is 0 Å². The van der Waals surface area contributed by atoms with E-state index in [-0.39, 0.29) is 5.41 Å². The van der Waals surface area contributed by atoms with E-state index in [0.29, 0.717) is 0 Å². The number of hydrogen-bond acceptors (Lipinski definition) is 2. The van der Waals surface area contributed by atoms with Gasteiger partial charge in [-0.25, -0.2) is 9.97 Å². The molecule has 0 fully saturated rings. The predicted molar refractivity (Wildman–Crippen MR) is 162 cm³/mol. The zero-order valence-electron chi connectivity index (χ0n) is 22.3. The normalized spacial score (nSPS) is 11.3. The molecule has 0 N–H and O–H groups in total. The molecule has 0 bridgehead atoms. The molecule has 1 aromatic heterocycles. The minimum absolute atomic E-state index is 0.143. The molecular weight excluding hydrogens is 472 g/mol. The average Bonchev–Trinajstić information content (AvgIpc) is 3.02. The summed E-state index contributed by atoms with van der Waals surface area (Å²) in [6, 6.07) is 50.8. The molecule has 2 heteroatoms. The molecule has 0 saturated carbocycles. The van der Waals surface area contributed by atoms with E-state index in [1.54, 1.807) is 0 Å². The van der Waals surface area contributed by atoms with Crippen molar-refractivity contribution in [3.05, 3.63) is 157 Å². The van der Waals surface area contributed by atoms with E-state index >= 15 is 0 Å². The van der Waals surface area contributed by atoms with Crippen LogP contribution in [0.2, 0.25) is 0 Å². The number of aromatic nitrogens is 2. The van der Waals surface area contributed by atoms with Gasteiger partial charge in [-0.05, 0) is 28.3 Å². The highest BCUT2D eigenvalue weighted by atomic mass is 14.9. The van der Waals surface area contributed by atoms with Crippen LogP contribution in [0.25, 0.3) is 45.0 Å². The summed E-state index contributed by atoms with van der Waals surface area (Å²) in [6.45, 7) is 4.55. The van der Waals surface area contributed by atoms with Gasteiger partial charge in [0, 0.05) is 22.1 Å². The van der Waals surface area contributed by atoms with Crippen LogP contribution in [0.5, 0.6) is 0 Å². The fraction of sp³-hybridized carbons (Fsp3) is 0.0811. The first-order valence-corrected chi connectivity index (χ1v) is 13.3. The highest BCUT2D eigenvalue weighted by Crippen LogP contribution is 2.34. The average molecular weight is 503 g/mol. The Balaban J connectivity index is 1.34. The molecule has 0 aliphatic carbocycles. The lowest BCUT2D eigenvalue weighted by molar-refractivity contribution is 0.641. The van der Waals surface area contributed by atoms with Gasteiger partial charge in [0.2, 0.25) is 0 Å². The molecule has 0 atom stereocenters. The lowest BCUT2D eigenvalue weighted by atomic mass is 9.77. The van der Waals surface area contributed by atoms with E-state index in [1.807, 2.05) is 36.4 Å². The standard InChI is InChI=1S/C37H30N2/c1-37(2,32-22-18-28(19-23-32)27-12-6-3-7-13-27)33-24-20-31(21-25-33)36-38-34(29-14-8-4-9-15-29)26-35(39-36)30-16-10-5-11-17-30/h3-26H,1-2H3. The molecule has 0 spiro atoms. The maximum Gasteiger partial charge on any atom is 0.160 e. The van der Waals surface area contributed by atoms with Gasteiger partial charge in [-0.15, -0.1) is 0 Å². The predicted octanol–water partition coefficient (Wildman–Crippen LogP) is 9.47. The summed E-state index contributed by atoms with van der Waals surface area (Å²) in [5.41, 5.74) is 9.85. The fourth-order valence-electron chi connectivity index (χ4n) is 5.00. The van der Waals surface area contributed by atoms with Crippen LogP contribution < -0.4 is 0 Å². The topological polar surface area (TPSA) is 25.8 Å². The molecule has 0 unspecified atom stereocenters. The van der Waals surface area contributed by atoms with Crippen molar-refractivity contribution in [1.29, 1.82) is 0 Å². The number of hydrogen-bond donors (Lipinski definition) is 0. The van der Waals surface area contributed by atoms with Crippen molar-refractivity contribution in [3.63, 3.8) is 0 Å². The van der Waals surface area contributed by atoms with Gasteiger partial charge >= 0.3 is 0 Å². The minimum atomic E-state index is -0.143. The highest BCUT2D eigenvalue weighted by Gasteiger charge is 2.23. The summed E-state index contributed by atoms with van der Waals surface area (Å²) in [4.78, 5) is 9.95. The van der Waals surface area contributed by atoms with Crippen LogP contribution in [0.3, 0.4) is 0 Å². The summed E-state index contributed by atoms with van der Waals surface area (Å²) < 4.78 is 0. The summed E-state index contributed by atoms with van der Waals surface area (Å²) >= 11 is 0. The van der Waals surface area contributed by atoms with E-state index in [0.717, 1.165) is 33.9 Å². The molecule has 5 aromatic carbocycles. The Labute approximate surface area is 230 Å². The van der Waals surface area contributed by atoms with Crippen LogP contribution in [-0.2, 0) is 5.41 Å². The molecular formula is C37H30N2. The smallest absolute Gasteiger partial charge is 0.160 e. The van der Waals surface area contributed by atoms with Crippen LogP contribution in [0.4, 0.5) is 0 Å². The molecule has 0 saturated heterocycles. The Hall–Kier alpha value is -4.82. The van der Waals surface area contributed by atoms with Crippen molar-refractivity contribution in [1.82, 2.24) is 9.97 Å². The van der Waals surface area contributed by atoms with Crippen molar-refractivity contribution >= 4 is 0 Å². The molecule has 2 nitrogen and oxygen atoms in total. The number of rotatable bonds is 6. The second-order valence-corrected chi connectivity index (χ2v) is 10.3. The van der Waals surface area contributed by atoms with Crippen molar-refractivity contribution in [3.8, 4) is 45.0 Å². The second-order valence-electron chi connectivity index (χ2n) is 10.3. The first kappa shape index (κ1) is 24.5. The van der Waals surface area contributed by atoms with Gasteiger partial charge in [0.15, 0.2) is 5.82 Å². The van der Waals surface area contributed by atoms with Crippen molar-refractivity contribution in [2.45, 2.75) is 19.3 Å². The molecule has 0 aliphatic heterocycles. The zero-order valence-corrected chi connectivity index (χ0v) is 22.3. The Morgan fingerprint density at radius 1 is 0.385 bits per heavy atom. The molecule has 0 amide bonds. The molecule has 188 valence electrons. The van der Waals surface area contributed by atoms with Crippen LogP contribution in [0, 0.1) is 0 Å². The fourth-order valence-corrected chi connectivity index (χ4v) is 5.00. The summed E-state index contributed by atoms with van der Waals surface area (Å²) in [7, 11) is 0. The second kappa shape index (κ2) is 10.5. The quantitative estimate of drug-likeness (QED) is 0.227. The lowest BCUT2D eigenvalue weighted by Gasteiger charge is -2.26. The Morgan fingerprint density at radius 3 is 1.18 bits per heavy atom. The summed E-state index contributed by atoms with van der Waals surface area (Å²) in [5.74, 6) is 0.728. The third kappa shape index (κ3) is 5.15. The van der Waals surface area contributed by atoms with Gasteiger partial charge in [-0.2, -0.15) is 0 Å². The molecule has 39 heavy (non-hydrogen) atoms. The lowest BCUT2D eigenvalue weighted by Crippen LogP contribution is -2.18. The van der Waals surface area contributed by atoms with Gasteiger partial charge in [0.1, 0.15) is 0 Å².